The number of aryl methyl sites for hydroxylation is 1. The Morgan fingerprint density at radius 2 is 1.96 bits per heavy atom. The van der Waals surface area contributed by atoms with Crippen molar-refractivity contribution >= 4 is 16.9 Å². The van der Waals surface area contributed by atoms with Gasteiger partial charge < -0.3 is 14.6 Å². The van der Waals surface area contributed by atoms with Gasteiger partial charge >= 0.3 is 6.16 Å². The van der Waals surface area contributed by atoms with E-state index in [1.807, 2.05) is 18.2 Å². The second-order valence-electron chi connectivity index (χ2n) is 6.69. The predicted molar refractivity (Wildman–Crippen MR) is 92.0 cm³/mol. The predicted octanol–water partition coefficient (Wildman–Crippen LogP) is 5.01. The zero-order valence-electron chi connectivity index (χ0n) is 14.1. The van der Waals surface area contributed by atoms with Crippen LogP contribution in [0, 0.1) is 0 Å². The van der Waals surface area contributed by atoms with Crippen LogP contribution in [0.2, 0.25) is 0 Å². The lowest BCUT2D eigenvalue weighted by Crippen LogP contribution is -2.13. The highest BCUT2D eigenvalue weighted by Gasteiger charge is 2.43. The number of carbonyl (C=O) groups is 1. The van der Waals surface area contributed by atoms with Crippen LogP contribution in [0.4, 0.5) is 4.79 Å². The van der Waals surface area contributed by atoms with E-state index in [2.05, 4.69) is 6.92 Å². The number of benzene rings is 2. The highest BCUT2D eigenvalue weighted by Crippen LogP contribution is 2.61. The van der Waals surface area contributed by atoms with E-state index in [-0.39, 0.29) is 6.61 Å². The number of aromatic hydroxyl groups is 1. The first kappa shape index (κ1) is 15.3. The first-order valence-corrected chi connectivity index (χ1v) is 8.80. The Hall–Kier alpha value is -2.23. The Labute approximate surface area is 141 Å². The highest BCUT2D eigenvalue weighted by atomic mass is 16.7. The molecule has 4 rings (SSSR count). The van der Waals surface area contributed by atoms with Gasteiger partial charge in [0, 0.05) is 21.9 Å². The quantitative estimate of drug-likeness (QED) is 0.636. The molecule has 0 aliphatic heterocycles. The SMILES string of the molecule is CCOC(=O)Oc1c2c(c(O)c3cccc(CC)c13)C1CCC2C1. The van der Waals surface area contributed by atoms with Crippen LogP contribution in [0.3, 0.4) is 0 Å². The zero-order valence-corrected chi connectivity index (χ0v) is 14.1. The summed E-state index contributed by atoms with van der Waals surface area (Å²) >= 11 is 0. The molecule has 2 aliphatic rings. The fourth-order valence-electron chi connectivity index (χ4n) is 4.55. The first-order chi connectivity index (χ1) is 11.7. The van der Waals surface area contributed by atoms with Gasteiger partial charge in [0.05, 0.1) is 6.61 Å². The van der Waals surface area contributed by atoms with Gasteiger partial charge in [0.2, 0.25) is 0 Å². The van der Waals surface area contributed by atoms with E-state index in [0.29, 0.717) is 23.3 Å². The number of carbonyl (C=O) groups excluding carboxylic acids is 1. The molecule has 2 aliphatic carbocycles. The van der Waals surface area contributed by atoms with Crippen molar-refractivity contribution in [2.75, 3.05) is 6.61 Å². The summed E-state index contributed by atoms with van der Waals surface area (Å²) in [5.74, 6) is 1.73. The molecule has 126 valence electrons. The van der Waals surface area contributed by atoms with Gasteiger partial charge in [-0.2, -0.15) is 0 Å². The Balaban J connectivity index is 2.01. The third-order valence-corrected chi connectivity index (χ3v) is 5.50. The normalized spacial score (nSPS) is 21.1. The maximum Gasteiger partial charge on any atom is 0.513 e. The number of hydrogen-bond acceptors (Lipinski definition) is 4. The number of ether oxygens (including phenoxy) is 2. The van der Waals surface area contributed by atoms with Crippen LogP contribution >= 0.6 is 0 Å². The summed E-state index contributed by atoms with van der Waals surface area (Å²) in [7, 11) is 0. The number of hydrogen-bond donors (Lipinski definition) is 1. The topological polar surface area (TPSA) is 55.8 Å². The minimum atomic E-state index is -0.666. The summed E-state index contributed by atoms with van der Waals surface area (Å²) in [5.41, 5.74) is 3.10. The van der Waals surface area contributed by atoms with E-state index >= 15 is 0 Å². The maximum atomic E-state index is 12.0. The van der Waals surface area contributed by atoms with Crippen molar-refractivity contribution in [3.05, 3.63) is 34.9 Å². The van der Waals surface area contributed by atoms with Crippen molar-refractivity contribution in [2.24, 2.45) is 0 Å². The minimum absolute atomic E-state index is 0.281. The Morgan fingerprint density at radius 1 is 1.21 bits per heavy atom. The molecule has 0 spiro atoms. The molecule has 2 aromatic carbocycles. The van der Waals surface area contributed by atoms with Crippen LogP contribution in [-0.2, 0) is 11.2 Å². The second-order valence-corrected chi connectivity index (χ2v) is 6.69. The fourth-order valence-corrected chi connectivity index (χ4v) is 4.55. The lowest BCUT2D eigenvalue weighted by molar-refractivity contribution is 0.104. The van der Waals surface area contributed by atoms with Gasteiger partial charge in [0.15, 0.2) is 0 Å². The van der Waals surface area contributed by atoms with Gasteiger partial charge in [-0.3, -0.25) is 0 Å². The summed E-state index contributed by atoms with van der Waals surface area (Å²) in [6.45, 7) is 4.11. The van der Waals surface area contributed by atoms with E-state index in [1.165, 1.54) is 0 Å². The van der Waals surface area contributed by atoms with Crippen LogP contribution in [-0.4, -0.2) is 17.9 Å². The van der Waals surface area contributed by atoms with Crippen LogP contribution in [0.1, 0.15) is 61.6 Å². The molecule has 2 atom stereocenters. The molecular formula is C20H22O4. The zero-order chi connectivity index (χ0) is 16.8. The molecule has 1 fully saturated rings. The molecule has 2 bridgehead atoms. The number of rotatable bonds is 3. The monoisotopic (exact) mass is 326 g/mol. The molecule has 4 heteroatoms. The average Bonchev–Trinajstić information content (AvgIpc) is 3.19. The largest absolute Gasteiger partial charge is 0.513 e. The van der Waals surface area contributed by atoms with Gasteiger partial charge in [-0.25, -0.2) is 4.79 Å². The fraction of sp³-hybridized carbons (Fsp3) is 0.450. The van der Waals surface area contributed by atoms with Crippen molar-refractivity contribution in [1.82, 2.24) is 0 Å². The van der Waals surface area contributed by atoms with Crippen molar-refractivity contribution in [3.63, 3.8) is 0 Å². The number of phenols is 1. The Morgan fingerprint density at radius 3 is 2.67 bits per heavy atom. The summed E-state index contributed by atoms with van der Waals surface area (Å²) in [6, 6.07) is 5.89. The van der Waals surface area contributed by atoms with Gasteiger partial charge in [0.1, 0.15) is 11.5 Å². The molecule has 0 amide bonds. The average molecular weight is 326 g/mol. The molecule has 1 N–H and O–H groups in total. The van der Waals surface area contributed by atoms with E-state index in [1.54, 1.807) is 6.92 Å². The van der Waals surface area contributed by atoms with E-state index in [9.17, 15) is 9.90 Å². The third-order valence-electron chi connectivity index (χ3n) is 5.50. The molecule has 0 radical (unpaired) electrons. The van der Waals surface area contributed by atoms with Gasteiger partial charge in [0.25, 0.3) is 0 Å². The molecule has 0 saturated heterocycles. The number of phenolic OH excluding ortho intramolecular Hbond substituents is 1. The number of fused-ring (bicyclic) bond motifs is 6. The molecule has 1 saturated carbocycles. The summed E-state index contributed by atoms with van der Waals surface area (Å²) in [4.78, 5) is 12.0. The summed E-state index contributed by atoms with van der Waals surface area (Å²) in [6.07, 6.45) is 3.38. The molecule has 0 aromatic heterocycles. The van der Waals surface area contributed by atoms with Crippen LogP contribution in [0.15, 0.2) is 18.2 Å². The van der Waals surface area contributed by atoms with Crippen LogP contribution in [0.5, 0.6) is 11.5 Å². The van der Waals surface area contributed by atoms with Gasteiger partial charge in [-0.1, -0.05) is 25.1 Å². The summed E-state index contributed by atoms with van der Waals surface area (Å²) in [5, 5.41) is 12.5. The molecular weight excluding hydrogens is 304 g/mol. The lowest BCUT2D eigenvalue weighted by atomic mass is 9.86. The van der Waals surface area contributed by atoms with Gasteiger partial charge in [-0.15, -0.1) is 0 Å². The van der Waals surface area contributed by atoms with Crippen molar-refractivity contribution < 1.29 is 19.4 Å². The van der Waals surface area contributed by atoms with Crippen molar-refractivity contribution in [3.8, 4) is 11.5 Å². The highest BCUT2D eigenvalue weighted by molar-refractivity contribution is 6.00. The van der Waals surface area contributed by atoms with Gasteiger partial charge in [-0.05, 0) is 50.0 Å². The smallest absolute Gasteiger partial charge is 0.507 e. The van der Waals surface area contributed by atoms with Crippen LogP contribution < -0.4 is 4.74 Å². The molecule has 2 aromatic rings. The van der Waals surface area contributed by atoms with Crippen molar-refractivity contribution in [2.45, 2.75) is 51.4 Å². The van der Waals surface area contributed by atoms with E-state index in [0.717, 1.165) is 53.1 Å². The standard InChI is InChI=1S/C20H22O4/c1-3-11-6-5-7-14-15(11)19(24-20(22)23-4-2)17-13-9-8-12(10-13)16(17)18(14)21/h5-7,12-13,21H,3-4,8-10H2,1-2H3. The molecule has 2 unspecified atom stereocenters. The maximum absolute atomic E-state index is 12.0. The minimum Gasteiger partial charge on any atom is -0.507 e. The molecule has 24 heavy (non-hydrogen) atoms. The van der Waals surface area contributed by atoms with E-state index in [4.69, 9.17) is 9.47 Å². The molecule has 4 nitrogen and oxygen atoms in total. The summed E-state index contributed by atoms with van der Waals surface area (Å²) < 4.78 is 10.7. The molecule has 0 heterocycles. The van der Waals surface area contributed by atoms with Crippen LogP contribution in [0.25, 0.3) is 10.8 Å². The Kier molecular flexibility index (Phi) is 3.63. The second kappa shape index (κ2) is 5.69. The van der Waals surface area contributed by atoms with E-state index < -0.39 is 6.16 Å². The van der Waals surface area contributed by atoms with Crippen molar-refractivity contribution in [1.29, 1.82) is 0 Å². The lowest BCUT2D eigenvalue weighted by Gasteiger charge is -2.23. The first-order valence-electron chi connectivity index (χ1n) is 8.80. The Bertz CT molecular complexity index is 824. The third kappa shape index (κ3) is 2.09.